The monoisotopic (exact) mass is 320 g/mol. The average Bonchev–Trinajstić information content (AvgIpc) is 2.70. The second-order valence-corrected chi connectivity index (χ2v) is 5.81. The molecule has 0 aliphatic carbocycles. The summed E-state index contributed by atoms with van der Waals surface area (Å²) in [6, 6.07) is 6.72. The van der Waals surface area contributed by atoms with Gasteiger partial charge in [-0.3, -0.25) is 19.3 Å². The predicted molar refractivity (Wildman–Crippen MR) is 85.0 cm³/mol. The molecule has 2 N–H and O–H groups in total. The third-order valence-corrected chi connectivity index (χ3v) is 4.13. The van der Waals surface area contributed by atoms with E-state index < -0.39 is 0 Å². The van der Waals surface area contributed by atoms with Crippen molar-refractivity contribution in [3.8, 4) is 0 Å². The van der Waals surface area contributed by atoms with Gasteiger partial charge in [0.05, 0.1) is 17.1 Å². The Morgan fingerprint density at radius 3 is 2.41 bits per heavy atom. The fourth-order valence-electron chi connectivity index (χ4n) is 2.08. The van der Waals surface area contributed by atoms with E-state index in [1.165, 1.54) is 25.7 Å². The summed E-state index contributed by atoms with van der Waals surface area (Å²) in [5, 5.41) is 11.6. The molecule has 1 aliphatic rings. The van der Waals surface area contributed by atoms with E-state index in [0.29, 0.717) is 27.5 Å². The number of benzene rings is 1. The molecule has 1 aliphatic heterocycles. The van der Waals surface area contributed by atoms with Crippen LogP contribution in [-0.2, 0) is 14.4 Å². The van der Waals surface area contributed by atoms with Crippen LogP contribution in [0.4, 0.5) is 5.69 Å². The highest BCUT2D eigenvalue weighted by Gasteiger charge is 2.36. The highest BCUT2D eigenvalue weighted by atomic mass is 32.2. The highest BCUT2D eigenvalue weighted by Crippen LogP contribution is 2.35. The summed E-state index contributed by atoms with van der Waals surface area (Å²) in [7, 11) is 1.43. The summed E-state index contributed by atoms with van der Waals surface area (Å²) < 4.78 is 0. The molecule has 3 amide bonds. The number of hydrogen-bond acceptors (Lipinski definition) is 5. The van der Waals surface area contributed by atoms with E-state index in [2.05, 4.69) is 5.32 Å². The third-order valence-electron chi connectivity index (χ3n) is 3.08. The second-order valence-electron chi connectivity index (χ2n) is 4.70. The van der Waals surface area contributed by atoms with Crippen LogP contribution in [-0.4, -0.2) is 47.1 Å². The number of anilines is 1. The third kappa shape index (κ3) is 3.20. The van der Waals surface area contributed by atoms with Gasteiger partial charge in [0.15, 0.2) is 0 Å². The predicted octanol–water partition coefficient (Wildman–Crippen LogP) is 1.08. The molecule has 0 fully saturated rings. The van der Waals surface area contributed by atoms with Crippen LogP contribution in [0.3, 0.4) is 0 Å². The Labute approximate surface area is 132 Å². The average molecular weight is 320 g/mol. The first kappa shape index (κ1) is 16.3. The van der Waals surface area contributed by atoms with Crippen molar-refractivity contribution >= 4 is 40.7 Å². The quantitative estimate of drug-likeness (QED) is 0.793. The Balaban J connectivity index is 2.37. The summed E-state index contributed by atoms with van der Waals surface area (Å²) in [4.78, 5) is 36.8. The van der Waals surface area contributed by atoms with Crippen LogP contribution < -0.4 is 5.32 Å². The minimum Gasteiger partial charge on any atom is -0.396 e. The molecule has 1 aromatic rings. The Morgan fingerprint density at radius 1 is 1.23 bits per heavy atom. The van der Waals surface area contributed by atoms with Crippen LogP contribution in [0.25, 0.3) is 5.57 Å². The van der Waals surface area contributed by atoms with E-state index >= 15 is 0 Å². The largest absolute Gasteiger partial charge is 0.396 e. The number of likely N-dealkylation sites (N-methyl/N-ethyl adjacent to an activating group) is 1. The van der Waals surface area contributed by atoms with E-state index in [9.17, 15) is 14.4 Å². The van der Waals surface area contributed by atoms with Crippen molar-refractivity contribution in [2.24, 2.45) is 0 Å². The fourth-order valence-corrected chi connectivity index (χ4v) is 2.98. The summed E-state index contributed by atoms with van der Waals surface area (Å²) in [6.07, 6.45) is 0. The summed E-state index contributed by atoms with van der Waals surface area (Å²) in [5.41, 5.74) is 1.56. The van der Waals surface area contributed by atoms with Crippen molar-refractivity contribution in [3.05, 3.63) is 34.7 Å². The zero-order valence-electron chi connectivity index (χ0n) is 12.3. The molecule has 0 spiro atoms. The molecule has 1 aromatic carbocycles. The number of carbonyl (C=O) groups excluding carboxylic acids is 3. The number of thioether (sulfide) groups is 1. The van der Waals surface area contributed by atoms with Gasteiger partial charge >= 0.3 is 0 Å². The molecular formula is C15H16N2O4S. The van der Waals surface area contributed by atoms with E-state index in [1.54, 1.807) is 24.3 Å². The molecule has 0 aromatic heterocycles. The van der Waals surface area contributed by atoms with Crippen molar-refractivity contribution < 1.29 is 19.5 Å². The molecule has 0 bridgehead atoms. The first-order valence-corrected chi connectivity index (χ1v) is 7.62. The summed E-state index contributed by atoms with van der Waals surface area (Å²) in [6.45, 7) is 1.34. The lowest BCUT2D eigenvalue weighted by atomic mass is 10.1. The number of rotatable bonds is 5. The van der Waals surface area contributed by atoms with E-state index in [0.717, 1.165) is 4.90 Å². The number of aliphatic hydroxyl groups is 1. The Kier molecular flexibility index (Phi) is 4.99. The molecule has 22 heavy (non-hydrogen) atoms. The molecule has 0 radical (unpaired) electrons. The summed E-state index contributed by atoms with van der Waals surface area (Å²) >= 11 is 1.17. The normalized spacial score (nSPS) is 14.8. The van der Waals surface area contributed by atoms with Gasteiger partial charge in [-0.25, -0.2) is 0 Å². The number of nitrogens with one attached hydrogen (secondary N) is 1. The van der Waals surface area contributed by atoms with Crippen LogP contribution >= 0.6 is 11.8 Å². The van der Waals surface area contributed by atoms with Gasteiger partial charge in [0.2, 0.25) is 5.91 Å². The van der Waals surface area contributed by atoms with Crippen molar-refractivity contribution in [1.29, 1.82) is 0 Å². The van der Waals surface area contributed by atoms with Crippen LogP contribution in [0.5, 0.6) is 0 Å². The Hall–Kier alpha value is -2.12. The van der Waals surface area contributed by atoms with Gasteiger partial charge in [0, 0.05) is 25.4 Å². The first-order valence-electron chi connectivity index (χ1n) is 6.64. The minimum atomic E-state index is -0.363. The molecule has 6 nitrogen and oxygen atoms in total. The van der Waals surface area contributed by atoms with Crippen LogP contribution in [0.15, 0.2) is 29.2 Å². The molecular weight excluding hydrogens is 304 g/mol. The SMILES string of the molecule is CC(=O)Nc1ccc(C2=C(SCCO)C(=O)N(C)C2=O)cc1. The molecule has 0 unspecified atom stereocenters. The standard InChI is InChI=1S/C15H16N2O4S/c1-9(19)16-11-5-3-10(4-6-11)12-13(22-8-7-18)15(21)17(2)14(12)20/h3-6,18H,7-8H2,1-2H3,(H,16,19). The maximum atomic E-state index is 12.3. The van der Waals surface area contributed by atoms with Gasteiger partial charge in [-0.15, -0.1) is 11.8 Å². The van der Waals surface area contributed by atoms with Gasteiger partial charge < -0.3 is 10.4 Å². The molecule has 116 valence electrons. The van der Waals surface area contributed by atoms with Gasteiger partial charge in [-0.1, -0.05) is 12.1 Å². The highest BCUT2D eigenvalue weighted by molar-refractivity contribution is 8.04. The second kappa shape index (κ2) is 6.76. The molecule has 0 saturated carbocycles. The van der Waals surface area contributed by atoms with E-state index in [4.69, 9.17) is 5.11 Å². The van der Waals surface area contributed by atoms with Crippen molar-refractivity contribution in [2.45, 2.75) is 6.92 Å². The minimum absolute atomic E-state index is 0.0753. The molecule has 1 heterocycles. The smallest absolute Gasteiger partial charge is 0.267 e. The van der Waals surface area contributed by atoms with E-state index in [-0.39, 0.29) is 24.3 Å². The van der Waals surface area contributed by atoms with E-state index in [1.807, 2.05) is 0 Å². The lowest BCUT2D eigenvalue weighted by molar-refractivity contribution is -0.134. The number of aliphatic hydroxyl groups excluding tert-OH is 1. The zero-order valence-corrected chi connectivity index (χ0v) is 13.1. The Morgan fingerprint density at radius 2 is 1.86 bits per heavy atom. The van der Waals surface area contributed by atoms with Crippen molar-refractivity contribution in [3.63, 3.8) is 0 Å². The molecule has 0 atom stereocenters. The number of amides is 3. The van der Waals surface area contributed by atoms with Crippen molar-refractivity contribution in [2.75, 3.05) is 24.7 Å². The molecule has 2 rings (SSSR count). The summed E-state index contributed by atoms with van der Waals surface area (Å²) in [5.74, 6) is -0.560. The van der Waals surface area contributed by atoms with Crippen LogP contribution in [0, 0.1) is 0 Å². The molecule has 0 saturated heterocycles. The maximum Gasteiger partial charge on any atom is 0.267 e. The fraction of sp³-hybridized carbons (Fsp3) is 0.267. The van der Waals surface area contributed by atoms with Gasteiger partial charge in [-0.05, 0) is 17.7 Å². The lowest BCUT2D eigenvalue weighted by Gasteiger charge is -2.07. The topological polar surface area (TPSA) is 86.7 Å². The van der Waals surface area contributed by atoms with Gasteiger partial charge in [-0.2, -0.15) is 0 Å². The lowest BCUT2D eigenvalue weighted by Crippen LogP contribution is -2.26. The van der Waals surface area contributed by atoms with Crippen LogP contribution in [0.2, 0.25) is 0 Å². The number of carbonyl (C=O) groups is 3. The zero-order chi connectivity index (χ0) is 16.3. The number of imide groups is 1. The Bertz CT molecular complexity index is 652. The first-order chi connectivity index (χ1) is 10.5. The van der Waals surface area contributed by atoms with Crippen LogP contribution in [0.1, 0.15) is 12.5 Å². The maximum absolute atomic E-state index is 12.3. The number of hydrogen-bond donors (Lipinski definition) is 2. The van der Waals surface area contributed by atoms with Gasteiger partial charge in [0.25, 0.3) is 11.8 Å². The van der Waals surface area contributed by atoms with Crippen molar-refractivity contribution in [1.82, 2.24) is 4.90 Å². The number of nitrogens with zero attached hydrogens (tertiary/aromatic N) is 1. The molecule has 7 heteroatoms. The van der Waals surface area contributed by atoms with Gasteiger partial charge in [0.1, 0.15) is 0 Å².